The van der Waals surface area contributed by atoms with Gasteiger partial charge < -0.3 is 9.26 Å². The highest BCUT2D eigenvalue weighted by Crippen LogP contribution is 2.33. The van der Waals surface area contributed by atoms with Crippen LogP contribution in [0.2, 0.25) is 0 Å². The molecule has 1 aromatic carbocycles. The SMILES string of the molecule is CCCCCCCCc1ccc(-c2noc(C3CCCN3C(=O)OC(C)(C)C)n2)cc1. The smallest absolute Gasteiger partial charge is 0.410 e. The molecule has 2 aromatic rings. The molecule has 0 radical (unpaired) electrons. The van der Waals surface area contributed by atoms with Crippen molar-refractivity contribution in [3.05, 3.63) is 35.7 Å². The molecule has 1 aliphatic heterocycles. The van der Waals surface area contributed by atoms with Crippen molar-refractivity contribution in [3.8, 4) is 11.4 Å². The van der Waals surface area contributed by atoms with Crippen molar-refractivity contribution in [1.82, 2.24) is 15.0 Å². The molecule has 1 fully saturated rings. The highest BCUT2D eigenvalue weighted by molar-refractivity contribution is 5.69. The zero-order chi connectivity index (χ0) is 22.3. The predicted octanol–water partition coefficient (Wildman–Crippen LogP) is 6.71. The summed E-state index contributed by atoms with van der Waals surface area (Å²) in [6.45, 7) is 8.51. The molecule has 31 heavy (non-hydrogen) atoms. The van der Waals surface area contributed by atoms with Crippen molar-refractivity contribution >= 4 is 6.09 Å². The average Bonchev–Trinajstić information content (AvgIpc) is 3.39. The van der Waals surface area contributed by atoms with Crippen LogP contribution in [0.15, 0.2) is 28.8 Å². The number of nitrogens with zero attached hydrogens (tertiary/aromatic N) is 3. The molecule has 2 heterocycles. The van der Waals surface area contributed by atoms with Crippen LogP contribution in [0.3, 0.4) is 0 Å². The molecule has 1 aromatic heterocycles. The summed E-state index contributed by atoms with van der Waals surface area (Å²) in [5.41, 5.74) is 1.75. The van der Waals surface area contributed by atoms with Gasteiger partial charge in [-0.05, 0) is 52.0 Å². The first-order valence-corrected chi connectivity index (χ1v) is 11.8. The first-order chi connectivity index (χ1) is 14.9. The third-order valence-electron chi connectivity index (χ3n) is 5.64. The van der Waals surface area contributed by atoms with E-state index in [0.717, 1.165) is 24.8 Å². The fraction of sp³-hybridized carbons (Fsp3) is 0.640. The van der Waals surface area contributed by atoms with Crippen LogP contribution in [0, 0.1) is 0 Å². The number of aromatic nitrogens is 2. The highest BCUT2D eigenvalue weighted by Gasteiger charge is 2.36. The zero-order valence-electron chi connectivity index (χ0n) is 19.5. The second kappa shape index (κ2) is 10.8. The van der Waals surface area contributed by atoms with Gasteiger partial charge >= 0.3 is 6.09 Å². The Morgan fingerprint density at radius 1 is 1.13 bits per heavy atom. The van der Waals surface area contributed by atoms with Crippen molar-refractivity contribution < 1.29 is 14.1 Å². The first-order valence-electron chi connectivity index (χ1n) is 11.8. The van der Waals surface area contributed by atoms with Crippen LogP contribution < -0.4 is 0 Å². The van der Waals surface area contributed by atoms with Crippen LogP contribution in [-0.4, -0.2) is 33.3 Å². The number of hydrogen-bond donors (Lipinski definition) is 0. The maximum Gasteiger partial charge on any atom is 0.410 e. The van der Waals surface area contributed by atoms with Gasteiger partial charge in [-0.15, -0.1) is 0 Å². The van der Waals surface area contributed by atoms with E-state index in [1.807, 2.05) is 20.8 Å². The van der Waals surface area contributed by atoms with Gasteiger partial charge in [0.1, 0.15) is 11.6 Å². The molecule has 6 heteroatoms. The number of hydrogen-bond acceptors (Lipinski definition) is 5. The third kappa shape index (κ3) is 6.81. The quantitative estimate of drug-likeness (QED) is 0.416. The summed E-state index contributed by atoms with van der Waals surface area (Å²) in [6, 6.07) is 8.20. The molecule has 1 aliphatic rings. The lowest BCUT2D eigenvalue weighted by atomic mass is 10.0. The van der Waals surface area contributed by atoms with E-state index in [4.69, 9.17) is 9.26 Å². The summed E-state index contributed by atoms with van der Waals surface area (Å²) in [5, 5.41) is 4.17. The van der Waals surface area contributed by atoms with Crippen LogP contribution in [-0.2, 0) is 11.2 Å². The van der Waals surface area contributed by atoms with Gasteiger partial charge in [-0.1, -0.05) is 68.4 Å². The number of carbonyl (C=O) groups excluding carboxylic acids is 1. The van der Waals surface area contributed by atoms with Crippen molar-refractivity contribution in [1.29, 1.82) is 0 Å². The molecule has 0 saturated carbocycles. The van der Waals surface area contributed by atoms with Gasteiger partial charge in [0, 0.05) is 12.1 Å². The average molecular weight is 428 g/mol. The molecule has 0 spiro atoms. The minimum absolute atomic E-state index is 0.219. The lowest BCUT2D eigenvalue weighted by Gasteiger charge is -2.26. The number of benzene rings is 1. The van der Waals surface area contributed by atoms with E-state index < -0.39 is 5.60 Å². The Kier molecular flexibility index (Phi) is 8.10. The normalized spacial score (nSPS) is 16.6. The minimum Gasteiger partial charge on any atom is -0.444 e. The lowest BCUT2D eigenvalue weighted by Crippen LogP contribution is -2.36. The summed E-state index contributed by atoms with van der Waals surface area (Å²) in [4.78, 5) is 18.8. The third-order valence-corrected chi connectivity index (χ3v) is 5.64. The van der Waals surface area contributed by atoms with Crippen molar-refractivity contribution in [2.45, 2.75) is 97.1 Å². The number of carbonyl (C=O) groups is 1. The van der Waals surface area contributed by atoms with E-state index in [1.165, 1.54) is 44.1 Å². The van der Waals surface area contributed by atoms with E-state index >= 15 is 0 Å². The Hall–Kier alpha value is -2.37. The molecule has 1 atom stereocenters. The van der Waals surface area contributed by atoms with E-state index in [1.54, 1.807) is 4.90 Å². The number of rotatable bonds is 9. The molecule has 0 bridgehead atoms. The standard InChI is InChI=1S/C25H37N3O3/c1-5-6-7-8-9-10-12-19-14-16-20(17-15-19)22-26-23(31-27-22)21-13-11-18-28(21)24(29)30-25(2,3)4/h14-17,21H,5-13,18H2,1-4H3. The number of ether oxygens (including phenoxy) is 1. The molecule has 1 unspecified atom stereocenters. The maximum absolute atomic E-state index is 12.5. The number of amides is 1. The molecule has 170 valence electrons. The number of unbranched alkanes of at least 4 members (excludes halogenated alkanes) is 5. The molecular weight excluding hydrogens is 390 g/mol. The van der Waals surface area contributed by atoms with Gasteiger partial charge in [0.25, 0.3) is 0 Å². The van der Waals surface area contributed by atoms with Crippen LogP contribution in [0.25, 0.3) is 11.4 Å². The second-order valence-electron chi connectivity index (χ2n) is 9.50. The summed E-state index contributed by atoms with van der Waals surface area (Å²) in [7, 11) is 0. The Morgan fingerprint density at radius 2 is 1.84 bits per heavy atom. The topological polar surface area (TPSA) is 68.5 Å². The Morgan fingerprint density at radius 3 is 2.55 bits per heavy atom. The zero-order valence-corrected chi connectivity index (χ0v) is 19.5. The molecule has 1 saturated heterocycles. The van der Waals surface area contributed by atoms with E-state index in [9.17, 15) is 4.79 Å². The predicted molar refractivity (Wildman–Crippen MR) is 122 cm³/mol. The molecule has 0 N–H and O–H groups in total. The monoisotopic (exact) mass is 427 g/mol. The lowest BCUT2D eigenvalue weighted by molar-refractivity contribution is 0.0199. The largest absolute Gasteiger partial charge is 0.444 e. The van der Waals surface area contributed by atoms with E-state index in [-0.39, 0.29) is 12.1 Å². The minimum atomic E-state index is -0.526. The van der Waals surface area contributed by atoms with Crippen molar-refractivity contribution in [2.75, 3.05) is 6.54 Å². The van der Waals surface area contributed by atoms with Gasteiger partial charge in [-0.3, -0.25) is 4.90 Å². The molecular formula is C25H37N3O3. The first kappa shape index (κ1) is 23.3. The van der Waals surface area contributed by atoms with Gasteiger partial charge in [0.05, 0.1) is 0 Å². The van der Waals surface area contributed by atoms with E-state index in [2.05, 4.69) is 41.3 Å². The second-order valence-corrected chi connectivity index (χ2v) is 9.50. The van der Waals surface area contributed by atoms with E-state index in [0.29, 0.717) is 18.3 Å². The summed E-state index contributed by atoms with van der Waals surface area (Å²) >= 11 is 0. The van der Waals surface area contributed by atoms with Crippen LogP contribution in [0.1, 0.15) is 96.6 Å². The Balaban J connectivity index is 1.57. The molecule has 6 nitrogen and oxygen atoms in total. The molecule has 1 amide bonds. The van der Waals surface area contributed by atoms with Crippen LogP contribution in [0.4, 0.5) is 4.79 Å². The summed E-state index contributed by atoms with van der Waals surface area (Å²) in [5.74, 6) is 1.05. The fourth-order valence-electron chi connectivity index (χ4n) is 3.98. The maximum atomic E-state index is 12.5. The van der Waals surface area contributed by atoms with Crippen molar-refractivity contribution in [3.63, 3.8) is 0 Å². The summed E-state index contributed by atoms with van der Waals surface area (Å²) in [6.07, 6.45) is 10.3. The molecule has 3 rings (SSSR count). The fourth-order valence-corrected chi connectivity index (χ4v) is 3.98. The Labute approximate surface area is 186 Å². The number of likely N-dealkylation sites (tertiary alicyclic amines) is 1. The Bertz CT molecular complexity index is 823. The van der Waals surface area contributed by atoms with Crippen LogP contribution in [0.5, 0.6) is 0 Å². The summed E-state index contributed by atoms with van der Waals surface area (Å²) < 4.78 is 11.1. The van der Waals surface area contributed by atoms with Gasteiger partial charge in [0.2, 0.25) is 11.7 Å². The van der Waals surface area contributed by atoms with Crippen molar-refractivity contribution in [2.24, 2.45) is 0 Å². The van der Waals surface area contributed by atoms with Gasteiger partial charge in [-0.25, -0.2) is 4.79 Å². The van der Waals surface area contributed by atoms with Gasteiger partial charge in [-0.2, -0.15) is 4.98 Å². The van der Waals surface area contributed by atoms with Crippen LogP contribution >= 0.6 is 0 Å². The van der Waals surface area contributed by atoms with Gasteiger partial charge in [0.15, 0.2) is 0 Å². The highest BCUT2D eigenvalue weighted by atomic mass is 16.6. The number of aryl methyl sites for hydroxylation is 1. The molecule has 0 aliphatic carbocycles.